The van der Waals surface area contributed by atoms with E-state index in [2.05, 4.69) is 47.9 Å². The third kappa shape index (κ3) is 3.65. The number of amides is 1. The number of hydrogen-bond acceptors (Lipinski definition) is 4. The molecule has 6 heteroatoms. The van der Waals surface area contributed by atoms with Gasteiger partial charge in [0.15, 0.2) is 0 Å². The Kier molecular flexibility index (Phi) is 5.26. The summed E-state index contributed by atoms with van der Waals surface area (Å²) in [5, 5.41) is 7.66. The van der Waals surface area contributed by atoms with Gasteiger partial charge in [0.05, 0.1) is 17.9 Å². The molecule has 0 spiro atoms. The number of thioether (sulfide) groups is 1. The van der Waals surface area contributed by atoms with E-state index in [4.69, 9.17) is 0 Å². The van der Waals surface area contributed by atoms with Gasteiger partial charge in [0, 0.05) is 30.7 Å². The molecule has 0 aliphatic carbocycles. The molecule has 1 fully saturated rings. The van der Waals surface area contributed by atoms with Crippen LogP contribution in [0.1, 0.15) is 18.9 Å². The second-order valence-electron chi connectivity index (χ2n) is 6.29. The summed E-state index contributed by atoms with van der Waals surface area (Å²) in [7, 11) is 1.87. The van der Waals surface area contributed by atoms with Gasteiger partial charge in [-0.05, 0) is 37.7 Å². The van der Waals surface area contributed by atoms with Crippen LogP contribution in [0.4, 0.5) is 5.69 Å². The van der Waals surface area contributed by atoms with E-state index < -0.39 is 0 Å². The van der Waals surface area contributed by atoms with E-state index in [1.807, 2.05) is 18.1 Å². The summed E-state index contributed by atoms with van der Waals surface area (Å²) in [5.41, 5.74) is 2.21. The first kappa shape index (κ1) is 17.0. The van der Waals surface area contributed by atoms with Gasteiger partial charge in [-0.25, -0.2) is 0 Å². The van der Waals surface area contributed by atoms with Crippen LogP contribution >= 0.6 is 11.8 Å². The van der Waals surface area contributed by atoms with E-state index in [0.717, 1.165) is 25.1 Å². The van der Waals surface area contributed by atoms with Crippen molar-refractivity contribution in [1.29, 1.82) is 0 Å². The second kappa shape index (κ2) is 7.40. The minimum Gasteiger partial charge on any atom is -0.308 e. The zero-order valence-corrected chi connectivity index (χ0v) is 15.2. The van der Waals surface area contributed by atoms with Gasteiger partial charge < -0.3 is 10.2 Å². The first-order chi connectivity index (χ1) is 11.6. The molecular weight excluding hydrogens is 320 g/mol. The Morgan fingerprint density at radius 1 is 1.42 bits per heavy atom. The lowest BCUT2D eigenvalue weighted by Crippen LogP contribution is -2.43. The molecule has 1 N–H and O–H groups in total. The molecule has 0 unspecified atom stereocenters. The van der Waals surface area contributed by atoms with Crippen molar-refractivity contribution < 1.29 is 4.79 Å². The van der Waals surface area contributed by atoms with Gasteiger partial charge in [0.1, 0.15) is 0 Å². The van der Waals surface area contributed by atoms with Crippen molar-refractivity contribution >= 4 is 23.4 Å². The standard InChI is InChI=1S/C18H24N4OS/c1-13(10-14-6-4-5-7-17(14)24-3)20-16-8-9-22(18(16)23)15-11-19-21(2)12-15/h4-7,11-13,16,20H,8-10H2,1-3H3/t13-,16-/m0/s1. The van der Waals surface area contributed by atoms with Crippen LogP contribution in [0.5, 0.6) is 0 Å². The smallest absolute Gasteiger partial charge is 0.244 e. The van der Waals surface area contributed by atoms with Crippen LogP contribution in [0.25, 0.3) is 0 Å². The van der Waals surface area contributed by atoms with E-state index in [1.54, 1.807) is 22.6 Å². The van der Waals surface area contributed by atoms with Crippen LogP contribution in [-0.2, 0) is 18.3 Å². The van der Waals surface area contributed by atoms with E-state index in [1.165, 1.54) is 10.5 Å². The molecule has 1 amide bonds. The van der Waals surface area contributed by atoms with Crippen LogP contribution in [0.2, 0.25) is 0 Å². The molecule has 2 aromatic rings. The highest BCUT2D eigenvalue weighted by molar-refractivity contribution is 7.98. The minimum absolute atomic E-state index is 0.110. The molecule has 5 nitrogen and oxygen atoms in total. The van der Waals surface area contributed by atoms with Crippen molar-refractivity contribution in [3.05, 3.63) is 42.2 Å². The molecule has 0 saturated carbocycles. The summed E-state index contributed by atoms with van der Waals surface area (Å²) >= 11 is 1.77. The van der Waals surface area contributed by atoms with Gasteiger partial charge in [-0.15, -0.1) is 11.8 Å². The Bertz CT molecular complexity index is 715. The molecule has 2 heterocycles. The Hall–Kier alpha value is -1.79. The maximum atomic E-state index is 12.6. The Morgan fingerprint density at radius 3 is 2.92 bits per heavy atom. The number of nitrogens with zero attached hydrogens (tertiary/aromatic N) is 3. The van der Waals surface area contributed by atoms with Gasteiger partial charge >= 0.3 is 0 Å². The maximum Gasteiger partial charge on any atom is 0.244 e. The summed E-state index contributed by atoms with van der Waals surface area (Å²) in [6.45, 7) is 2.90. The van der Waals surface area contributed by atoms with Gasteiger partial charge in [-0.3, -0.25) is 9.48 Å². The van der Waals surface area contributed by atoms with Crippen LogP contribution in [0.15, 0.2) is 41.6 Å². The van der Waals surface area contributed by atoms with Crippen molar-refractivity contribution in [2.45, 2.75) is 36.7 Å². The topological polar surface area (TPSA) is 50.2 Å². The monoisotopic (exact) mass is 344 g/mol. The normalized spacial score (nSPS) is 19.0. The Morgan fingerprint density at radius 2 is 2.21 bits per heavy atom. The van der Waals surface area contributed by atoms with Crippen molar-refractivity contribution in [3.63, 3.8) is 0 Å². The summed E-state index contributed by atoms with van der Waals surface area (Å²) in [6, 6.07) is 8.61. The molecule has 1 aromatic carbocycles. The van der Waals surface area contributed by atoms with E-state index >= 15 is 0 Å². The van der Waals surface area contributed by atoms with E-state index in [9.17, 15) is 4.79 Å². The summed E-state index contributed by atoms with van der Waals surface area (Å²) < 4.78 is 1.73. The number of aromatic nitrogens is 2. The van der Waals surface area contributed by atoms with E-state index in [0.29, 0.717) is 0 Å². The molecule has 1 aromatic heterocycles. The fraction of sp³-hybridized carbons (Fsp3) is 0.444. The third-order valence-corrected chi connectivity index (χ3v) is 5.25. The summed E-state index contributed by atoms with van der Waals surface area (Å²) in [6.07, 6.45) is 7.50. The van der Waals surface area contributed by atoms with Crippen LogP contribution in [-0.4, -0.2) is 40.6 Å². The first-order valence-electron chi connectivity index (χ1n) is 8.26. The van der Waals surface area contributed by atoms with Crippen LogP contribution in [0.3, 0.4) is 0 Å². The highest BCUT2D eigenvalue weighted by Gasteiger charge is 2.33. The Labute approximate surface area is 147 Å². The average Bonchev–Trinajstić information content (AvgIpc) is 3.14. The number of benzene rings is 1. The van der Waals surface area contributed by atoms with Gasteiger partial charge in [0.25, 0.3) is 0 Å². The number of anilines is 1. The lowest BCUT2D eigenvalue weighted by molar-refractivity contribution is -0.119. The number of aryl methyl sites for hydroxylation is 1. The van der Waals surface area contributed by atoms with Crippen molar-refractivity contribution in [3.8, 4) is 0 Å². The number of hydrogen-bond donors (Lipinski definition) is 1. The first-order valence-corrected chi connectivity index (χ1v) is 9.49. The van der Waals surface area contributed by atoms with Crippen molar-refractivity contribution in [2.75, 3.05) is 17.7 Å². The van der Waals surface area contributed by atoms with Crippen molar-refractivity contribution in [1.82, 2.24) is 15.1 Å². The Balaban J connectivity index is 1.61. The van der Waals surface area contributed by atoms with Gasteiger partial charge in [0.2, 0.25) is 5.91 Å². The predicted octanol–water partition coefficient (Wildman–Crippen LogP) is 2.47. The fourth-order valence-electron chi connectivity index (χ4n) is 3.24. The number of rotatable bonds is 6. The summed E-state index contributed by atoms with van der Waals surface area (Å²) in [5.74, 6) is 0.146. The van der Waals surface area contributed by atoms with Crippen LogP contribution in [0, 0.1) is 0 Å². The maximum absolute atomic E-state index is 12.6. The molecule has 24 heavy (non-hydrogen) atoms. The highest BCUT2D eigenvalue weighted by atomic mass is 32.2. The molecule has 0 radical (unpaired) electrons. The average molecular weight is 344 g/mol. The highest BCUT2D eigenvalue weighted by Crippen LogP contribution is 2.23. The van der Waals surface area contributed by atoms with E-state index in [-0.39, 0.29) is 18.0 Å². The summed E-state index contributed by atoms with van der Waals surface area (Å²) in [4.78, 5) is 15.8. The van der Waals surface area contributed by atoms with Crippen LogP contribution < -0.4 is 10.2 Å². The molecule has 128 valence electrons. The van der Waals surface area contributed by atoms with Gasteiger partial charge in [-0.1, -0.05) is 18.2 Å². The number of nitrogens with one attached hydrogen (secondary N) is 1. The molecule has 1 saturated heterocycles. The largest absolute Gasteiger partial charge is 0.308 e. The quantitative estimate of drug-likeness (QED) is 0.818. The molecule has 0 bridgehead atoms. The number of carbonyl (C=O) groups is 1. The zero-order chi connectivity index (χ0) is 17.1. The molecule has 1 aliphatic rings. The third-order valence-electron chi connectivity index (χ3n) is 4.41. The lowest BCUT2D eigenvalue weighted by atomic mass is 10.1. The molecule has 1 aliphatic heterocycles. The second-order valence-corrected chi connectivity index (χ2v) is 7.14. The fourth-order valence-corrected chi connectivity index (χ4v) is 3.87. The zero-order valence-electron chi connectivity index (χ0n) is 14.4. The number of carbonyl (C=O) groups excluding carboxylic acids is 1. The minimum atomic E-state index is -0.110. The van der Waals surface area contributed by atoms with Crippen molar-refractivity contribution in [2.24, 2.45) is 7.05 Å². The lowest BCUT2D eigenvalue weighted by Gasteiger charge is -2.20. The molecule has 2 atom stereocenters. The SMILES string of the molecule is CSc1ccccc1C[C@H](C)N[C@H]1CCN(c2cnn(C)c2)C1=O. The molecule has 3 rings (SSSR count). The van der Waals surface area contributed by atoms with Gasteiger partial charge in [-0.2, -0.15) is 5.10 Å². The molecular formula is C18H24N4OS. The predicted molar refractivity (Wildman–Crippen MR) is 98.5 cm³/mol.